The van der Waals surface area contributed by atoms with E-state index >= 15 is 0 Å². The molecule has 3 nitrogen and oxygen atoms in total. The van der Waals surface area contributed by atoms with E-state index in [9.17, 15) is 18.0 Å². The number of ether oxygens (including phenoxy) is 1. The van der Waals surface area contributed by atoms with Crippen LogP contribution in [0.1, 0.15) is 40.7 Å². The molecule has 2 aromatic rings. The van der Waals surface area contributed by atoms with Crippen molar-refractivity contribution in [3.05, 3.63) is 65.2 Å². The van der Waals surface area contributed by atoms with Crippen LogP contribution in [0.5, 0.6) is 5.75 Å². The van der Waals surface area contributed by atoms with Crippen molar-refractivity contribution >= 4 is 5.91 Å². The summed E-state index contributed by atoms with van der Waals surface area (Å²) in [5, 5.41) is 0. The first-order valence-electron chi connectivity index (χ1n) is 9.10. The van der Waals surface area contributed by atoms with Crippen LogP contribution in [-0.2, 0) is 12.6 Å². The summed E-state index contributed by atoms with van der Waals surface area (Å²) in [5.74, 6) is 0.319. The van der Waals surface area contributed by atoms with Crippen LogP contribution in [0.4, 0.5) is 13.2 Å². The van der Waals surface area contributed by atoms with Crippen molar-refractivity contribution in [3.63, 3.8) is 0 Å². The fourth-order valence-electron chi connectivity index (χ4n) is 4.01. The Hall–Kier alpha value is -2.50. The highest BCUT2D eigenvalue weighted by atomic mass is 19.4. The van der Waals surface area contributed by atoms with Crippen molar-refractivity contribution in [1.82, 2.24) is 4.90 Å². The SMILES string of the molecule is O=C(c1ccccc1C(F)(F)F)N1CCC2(CCc3ccccc3O2)CC1. The van der Waals surface area contributed by atoms with E-state index in [2.05, 4.69) is 6.07 Å². The van der Waals surface area contributed by atoms with E-state index in [4.69, 9.17) is 4.74 Å². The van der Waals surface area contributed by atoms with Gasteiger partial charge in [0.05, 0.1) is 11.1 Å². The van der Waals surface area contributed by atoms with E-state index in [1.165, 1.54) is 28.7 Å². The zero-order chi connectivity index (χ0) is 19.1. The van der Waals surface area contributed by atoms with Crippen molar-refractivity contribution in [2.24, 2.45) is 0 Å². The number of halogens is 3. The number of carbonyl (C=O) groups excluding carboxylic acids is 1. The Labute approximate surface area is 155 Å². The van der Waals surface area contributed by atoms with E-state index in [0.717, 1.165) is 24.7 Å². The molecule has 6 heteroatoms. The molecule has 0 radical (unpaired) electrons. The van der Waals surface area contributed by atoms with Gasteiger partial charge in [0.15, 0.2) is 0 Å². The van der Waals surface area contributed by atoms with Crippen LogP contribution in [-0.4, -0.2) is 29.5 Å². The summed E-state index contributed by atoms with van der Waals surface area (Å²) in [4.78, 5) is 14.2. The first-order valence-corrected chi connectivity index (χ1v) is 9.10. The van der Waals surface area contributed by atoms with Crippen LogP contribution in [0.15, 0.2) is 48.5 Å². The Morgan fingerprint density at radius 1 is 0.963 bits per heavy atom. The third-order valence-electron chi connectivity index (χ3n) is 5.57. The highest BCUT2D eigenvalue weighted by molar-refractivity contribution is 5.96. The zero-order valence-corrected chi connectivity index (χ0v) is 14.8. The molecule has 0 aliphatic carbocycles. The monoisotopic (exact) mass is 375 g/mol. The number of fused-ring (bicyclic) bond motifs is 1. The van der Waals surface area contributed by atoms with E-state index in [1.54, 1.807) is 0 Å². The van der Waals surface area contributed by atoms with E-state index < -0.39 is 17.6 Å². The van der Waals surface area contributed by atoms with Crippen LogP contribution in [0.2, 0.25) is 0 Å². The number of hydrogen-bond donors (Lipinski definition) is 0. The Kier molecular flexibility index (Phi) is 4.36. The summed E-state index contributed by atoms with van der Waals surface area (Å²) in [7, 11) is 0. The molecule has 2 aliphatic heterocycles. The van der Waals surface area contributed by atoms with Gasteiger partial charge in [-0.3, -0.25) is 4.79 Å². The molecule has 4 rings (SSSR count). The number of rotatable bonds is 1. The second-order valence-electron chi connectivity index (χ2n) is 7.23. The largest absolute Gasteiger partial charge is 0.487 e. The van der Waals surface area contributed by atoms with Crippen molar-refractivity contribution in [2.45, 2.75) is 37.5 Å². The molecule has 142 valence electrons. The summed E-state index contributed by atoms with van der Waals surface area (Å²) < 4.78 is 45.9. The van der Waals surface area contributed by atoms with Crippen LogP contribution in [0, 0.1) is 0 Å². The van der Waals surface area contributed by atoms with Crippen molar-refractivity contribution in [3.8, 4) is 5.75 Å². The van der Waals surface area contributed by atoms with Gasteiger partial charge in [-0.2, -0.15) is 13.2 Å². The van der Waals surface area contributed by atoms with Crippen LogP contribution in [0.3, 0.4) is 0 Å². The number of hydrogen-bond acceptors (Lipinski definition) is 2. The van der Waals surface area contributed by atoms with E-state index in [-0.39, 0.29) is 11.2 Å². The molecule has 2 aromatic carbocycles. The Morgan fingerprint density at radius 3 is 2.37 bits per heavy atom. The van der Waals surface area contributed by atoms with Gasteiger partial charge in [0.25, 0.3) is 5.91 Å². The van der Waals surface area contributed by atoms with Gasteiger partial charge in [0.1, 0.15) is 11.4 Å². The summed E-state index contributed by atoms with van der Waals surface area (Å²) in [6.07, 6.45) is -1.51. The Bertz CT molecular complexity index is 855. The molecule has 2 heterocycles. The molecule has 27 heavy (non-hydrogen) atoms. The van der Waals surface area contributed by atoms with Crippen molar-refractivity contribution < 1.29 is 22.7 Å². The molecular formula is C21H20F3NO2. The molecule has 2 aliphatic rings. The predicted octanol–water partition coefficient (Wildman–Crippen LogP) is 4.71. The fraction of sp³-hybridized carbons (Fsp3) is 0.381. The maximum absolute atomic E-state index is 13.2. The lowest BCUT2D eigenvalue weighted by molar-refractivity contribution is -0.138. The van der Waals surface area contributed by atoms with Crippen molar-refractivity contribution in [1.29, 1.82) is 0 Å². The Morgan fingerprint density at radius 2 is 1.63 bits per heavy atom. The first kappa shape index (κ1) is 17.9. The molecule has 1 saturated heterocycles. The average molecular weight is 375 g/mol. The number of carbonyl (C=O) groups is 1. The molecule has 0 bridgehead atoms. The topological polar surface area (TPSA) is 29.5 Å². The van der Waals surface area contributed by atoms with Gasteiger partial charge in [-0.25, -0.2) is 0 Å². The van der Waals surface area contributed by atoms with Gasteiger partial charge < -0.3 is 9.64 Å². The molecule has 1 amide bonds. The van der Waals surface area contributed by atoms with Crippen LogP contribution < -0.4 is 4.74 Å². The molecule has 0 atom stereocenters. The third-order valence-corrected chi connectivity index (χ3v) is 5.57. The molecule has 0 unspecified atom stereocenters. The summed E-state index contributed by atoms with van der Waals surface area (Å²) >= 11 is 0. The van der Waals surface area contributed by atoms with Gasteiger partial charge in [-0.1, -0.05) is 30.3 Å². The highest BCUT2D eigenvalue weighted by Gasteiger charge is 2.42. The molecule has 1 spiro atoms. The van der Waals surface area contributed by atoms with Crippen LogP contribution >= 0.6 is 0 Å². The van der Waals surface area contributed by atoms with Gasteiger partial charge in [-0.05, 0) is 36.6 Å². The molecular weight excluding hydrogens is 355 g/mol. The quantitative estimate of drug-likeness (QED) is 0.723. The zero-order valence-electron chi connectivity index (χ0n) is 14.8. The standard InChI is InChI=1S/C21H20F3NO2/c22-21(23,24)17-7-3-2-6-16(17)19(26)25-13-11-20(12-14-25)10-9-15-5-1-4-8-18(15)27-20/h1-8H,9-14H2. The lowest BCUT2D eigenvalue weighted by Crippen LogP contribution is -2.51. The second-order valence-corrected chi connectivity index (χ2v) is 7.23. The number of para-hydroxylation sites is 1. The molecule has 0 aromatic heterocycles. The summed E-state index contributed by atoms with van der Waals surface area (Å²) in [6.45, 7) is 0.792. The Balaban J connectivity index is 1.48. The van der Waals surface area contributed by atoms with Gasteiger partial charge in [-0.15, -0.1) is 0 Å². The van der Waals surface area contributed by atoms with Crippen LogP contribution in [0.25, 0.3) is 0 Å². The predicted molar refractivity (Wildman–Crippen MR) is 94.7 cm³/mol. The maximum Gasteiger partial charge on any atom is 0.417 e. The number of amides is 1. The number of alkyl halides is 3. The molecule has 0 saturated carbocycles. The fourth-order valence-corrected chi connectivity index (χ4v) is 4.01. The van der Waals surface area contributed by atoms with Gasteiger partial charge in [0.2, 0.25) is 0 Å². The maximum atomic E-state index is 13.2. The number of aryl methyl sites for hydroxylation is 1. The molecule has 1 fully saturated rings. The second kappa shape index (κ2) is 6.59. The van der Waals surface area contributed by atoms with Gasteiger partial charge >= 0.3 is 6.18 Å². The van der Waals surface area contributed by atoms with E-state index in [0.29, 0.717) is 25.9 Å². The van der Waals surface area contributed by atoms with Crippen molar-refractivity contribution in [2.75, 3.05) is 13.1 Å². The average Bonchev–Trinajstić information content (AvgIpc) is 2.67. The van der Waals surface area contributed by atoms with Gasteiger partial charge in [0, 0.05) is 25.9 Å². The first-order chi connectivity index (χ1) is 12.9. The number of likely N-dealkylation sites (tertiary alicyclic amines) is 1. The lowest BCUT2D eigenvalue weighted by atomic mass is 9.83. The third kappa shape index (κ3) is 3.40. The minimum atomic E-state index is -4.54. The molecule has 0 N–H and O–H groups in total. The number of piperidine rings is 1. The minimum absolute atomic E-state index is 0.282. The number of benzene rings is 2. The normalized spacial score (nSPS) is 18.7. The summed E-state index contributed by atoms with van der Waals surface area (Å²) in [6, 6.07) is 12.9. The van der Waals surface area contributed by atoms with E-state index in [1.807, 2.05) is 18.2 Å². The smallest absolute Gasteiger partial charge is 0.417 e. The lowest BCUT2D eigenvalue weighted by Gasteiger charge is -2.44. The summed E-state index contributed by atoms with van der Waals surface area (Å²) in [5.41, 5.74) is -0.302. The minimum Gasteiger partial charge on any atom is -0.487 e. The number of nitrogens with zero attached hydrogens (tertiary/aromatic N) is 1. The highest BCUT2D eigenvalue weighted by Crippen LogP contribution is 2.40.